The van der Waals surface area contributed by atoms with Gasteiger partial charge < -0.3 is 10.6 Å². The Morgan fingerprint density at radius 3 is 2.55 bits per heavy atom. The van der Waals surface area contributed by atoms with Crippen LogP contribution in [0, 0.1) is 11.8 Å². The van der Waals surface area contributed by atoms with E-state index >= 15 is 0 Å². The van der Waals surface area contributed by atoms with Gasteiger partial charge in [-0.2, -0.15) is 0 Å². The molecular formula is C22H31N3O4. The lowest BCUT2D eigenvalue weighted by Crippen LogP contribution is -2.34. The Hall–Kier alpha value is -2.41. The Bertz CT molecular complexity index is 782. The molecule has 158 valence electrons. The number of benzene rings is 1. The molecule has 3 amide bonds. The van der Waals surface area contributed by atoms with Crippen molar-refractivity contribution in [3.05, 3.63) is 29.3 Å². The average Bonchev–Trinajstić information content (AvgIpc) is 2.70. The van der Waals surface area contributed by atoms with Crippen LogP contribution in [0.2, 0.25) is 0 Å². The van der Waals surface area contributed by atoms with E-state index < -0.39 is 0 Å². The average molecular weight is 402 g/mol. The molecule has 2 aliphatic rings. The van der Waals surface area contributed by atoms with Crippen molar-refractivity contribution in [2.75, 3.05) is 11.9 Å². The second-order valence-electron chi connectivity index (χ2n) is 9.04. The van der Waals surface area contributed by atoms with Gasteiger partial charge in [0.05, 0.1) is 0 Å². The van der Waals surface area contributed by atoms with E-state index in [1.165, 1.54) is 0 Å². The summed E-state index contributed by atoms with van der Waals surface area (Å²) in [5.41, 5.74) is 3.80. The number of anilines is 1. The summed E-state index contributed by atoms with van der Waals surface area (Å²) >= 11 is 0. The molecule has 1 aliphatic carbocycles. The predicted octanol–water partition coefficient (Wildman–Crippen LogP) is 3.13. The minimum Gasteiger partial charge on any atom is -0.352 e. The molecule has 1 aromatic carbocycles. The van der Waals surface area contributed by atoms with E-state index in [0.717, 1.165) is 43.4 Å². The van der Waals surface area contributed by atoms with E-state index in [4.69, 9.17) is 5.21 Å². The van der Waals surface area contributed by atoms with Crippen molar-refractivity contribution >= 4 is 23.4 Å². The lowest BCUT2D eigenvalue weighted by molar-refractivity contribution is -0.129. The van der Waals surface area contributed by atoms with Crippen LogP contribution < -0.4 is 16.1 Å². The first-order valence-corrected chi connectivity index (χ1v) is 10.4. The number of carbonyl (C=O) groups is 3. The van der Waals surface area contributed by atoms with Gasteiger partial charge in [0, 0.05) is 36.1 Å². The third-order valence-electron chi connectivity index (χ3n) is 6.31. The SMILES string of the molecule is CC1(C)CC(=O)Nc2ccc(C(=O)NCC3CCC(CCC(=O)NO)CC3)cc21. The maximum atomic E-state index is 12.7. The molecule has 4 N–H and O–H groups in total. The summed E-state index contributed by atoms with van der Waals surface area (Å²) in [6.45, 7) is 4.70. The van der Waals surface area contributed by atoms with Gasteiger partial charge in [0.25, 0.3) is 5.91 Å². The summed E-state index contributed by atoms with van der Waals surface area (Å²) in [5.74, 6) is 0.564. The number of carbonyl (C=O) groups excluding carboxylic acids is 3. The molecule has 1 aliphatic heterocycles. The lowest BCUT2D eigenvalue weighted by Gasteiger charge is -2.32. The van der Waals surface area contributed by atoms with Gasteiger partial charge in [-0.15, -0.1) is 0 Å². The summed E-state index contributed by atoms with van der Waals surface area (Å²) in [5, 5.41) is 14.5. The summed E-state index contributed by atoms with van der Waals surface area (Å²) < 4.78 is 0. The van der Waals surface area contributed by atoms with Crippen molar-refractivity contribution in [3.8, 4) is 0 Å². The maximum Gasteiger partial charge on any atom is 0.251 e. The second-order valence-corrected chi connectivity index (χ2v) is 9.04. The van der Waals surface area contributed by atoms with Gasteiger partial charge in [0.2, 0.25) is 11.8 Å². The van der Waals surface area contributed by atoms with Gasteiger partial charge in [-0.1, -0.05) is 26.7 Å². The van der Waals surface area contributed by atoms with Crippen LogP contribution >= 0.6 is 0 Å². The fraction of sp³-hybridized carbons (Fsp3) is 0.591. The van der Waals surface area contributed by atoms with Crippen LogP contribution in [0.5, 0.6) is 0 Å². The number of nitrogens with one attached hydrogen (secondary N) is 3. The molecule has 0 bridgehead atoms. The first kappa shape index (κ1) is 21.3. The highest BCUT2D eigenvalue weighted by atomic mass is 16.5. The predicted molar refractivity (Wildman–Crippen MR) is 110 cm³/mol. The van der Waals surface area contributed by atoms with Crippen LogP contribution in [0.15, 0.2) is 18.2 Å². The van der Waals surface area contributed by atoms with Gasteiger partial charge in [-0.05, 0) is 54.9 Å². The second kappa shape index (κ2) is 8.95. The minimum atomic E-state index is -0.327. The number of amides is 3. The molecule has 7 heteroatoms. The molecule has 0 saturated heterocycles. The Morgan fingerprint density at radius 2 is 1.86 bits per heavy atom. The minimum absolute atomic E-state index is 0.00675. The molecule has 1 fully saturated rings. The lowest BCUT2D eigenvalue weighted by atomic mass is 9.77. The van der Waals surface area contributed by atoms with E-state index in [9.17, 15) is 14.4 Å². The van der Waals surface area contributed by atoms with Crippen LogP contribution in [0.3, 0.4) is 0 Å². The van der Waals surface area contributed by atoms with Crippen molar-refractivity contribution in [2.24, 2.45) is 11.8 Å². The monoisotopic (exact) mass is 401 g/mol. The van der Waals surface area contributed by atoms with Crippen LogP contribution in [0.25, 0.3) is 0 Å². The first-order chi connectivity index (χ1) is 13.8. The highest BCUT2D eigenvalue weighted by Gasteiger charge is 2.32. The third kappa shape index (κ3) is 5.35. The van der Waals surface area contributed by atoms with E-state index in [-0.39, 0.29) is 23.1 Å². The van der Waals surface area contributed by atoms with E-state index in [1.54, 1.807) is 11.5 Å². The van der Waals surface area contributed by atoms with Crippen molar-refractivity contribution in [1.29, 1.82) is 0 Å². The number of hydroxylamine groups is 1. The molecule has 1 heterocycles. The maximum absolute atomic E-state index is 12.7. The molecule has 0 aromatic heterocycles. The molecule has 1 aromatic rings. The quantitative estimate of drug-likeness (QED) is 0.434. The molecule has 0 spiro atoms. The number of rotatable bonds is 6. The van der Waals surface area contributed by atoms with E-state index in [0.29, 0.717) is 36.8 Å². The van der Waals surface area contributed by atoms with Crippen LogP contribution in [0.4, 0.5) is 5.69 Å². The van der Waals surface area contributed by atoms with Crippen molar-refractivity contribution in [2.45, 2.75) is 64.2 Å². The summed E-state index contributed by atoms with van der Waals surface area (Å²) in [7, 11) is 0. The highest BCUT2D eigenvalue weighted by Crippen LogP contribution is 2.37. The Kier molecular flexibility index (Phi) is 6.57. The molecule has 3 rings (SSSR count). The number of hydrogen-bond acceptors (Lipinski definition) is 4. The van der Waals surface area contributed by atoms with E-state index in [2.05, 4.69) is 10.6 Å². The number of hydrogen-bond donors (Lipinski definition) is 4. The van der Waals surface area contributed by atoms with Gasteiger partial charge in [0.1, 0.15) is 0 Å². The fourth-order valence-corrected chi connectivity index (χ4v) is 4.50. The summed E-state index contributed by atoms with van der Waals surface area (Å²) in [4.78, 5) is 35.6. The Balaban J connectivity index is 1.50. The zero-order valence-electron chi connectivity index (χ0n) is 17.2. The van der Waals surface area contributed by atoms with Gasteiger partial charge >= 0.3 is 0 Å². The number of fused-ring (bicyclic) bond motifs is 1. The fourth-order valence-electron chi connectivity index (χ4n) is 4.50. The molecule has 29 heavy (non-hydrogen) atoms. The Labute approximate surface area is 171 Å². The molecule has 7 nitrogen and oxygen atoms in total. The highest BCUT2D eigenvalue weighted by molar-refractivity contribution is 5.98. The normalized spacial score (nSPS) is 22.9. The van der Waals surface area contributed by atoms with Gasteiger partial charge in [-0.25, -0.2) is 5.48 Å². The molecular weight excluding hydrogens is 370 g/mol. The first-order valence-electron chi connectivity index (χ1n) is 10.4. The molecule has 1 saturated carbocycles. The smallest absolute Gasteiger partial charge is 0.251 e. The third-order valence-corrected chi connectivity index (χ3v) is 6.31. The van der Waals surface area contributed by atoms with Gasteiger partial charge in [-0.3, -0.25) is 19.6 Å². The topological polar surface area (TPSA) is 108 Å². The molecule has 0 unspecified atom stereocenters. The molecule has 0 atom stereocenters. The zero-order valence-corrected chi connectivity index (χ0v) is 17.2. The van der Waals surface area contributed by atoms with E-state index in [1.807, 2.05) is 26.0 Å². The van der Waals surface area contributed by atoms with Crippen LogP contribution in [-0.2, 0) is 15.0 Å². The molecule has 0 radical (unpaired) electrons. The summed E-state index contributed by atoms with van der Waals surface area (Å²) in [6.07, 6.45) is 5.74. The van der Waals surface area contributed by atoms with Crippen LogP contribution in [-0.4, -0.2) is 29.5 Å². The van der Waals surface area contributed by atoms with Crippen molar-refractivity contribution < 1.29 is 19.6 Å². The standard InChI is InChI=1S/C22H31N3O4/c1-22(2)12-20(27)24-18-9-8-16(11-17(18)22)21(28)23-13-15-5-3-14(4-6-15)7-10-19(26)25-29/h8-9,11,14-15,29H,3-7,10,12-13H2,1-2H3,(H,23,28)(H,24,27)(H,25,26). The zero-order chi connectivity index (χ0) is 21.0. The largest absolute Gasteiger partial charge is 0.352 e. The summed E-state index contributed by atoms with van der Waals surface area (Å²) in [6, 6.07) is 5.48. The van der Waals surface area contributed by atoms with Gasteiger partial charge in [0.15, 0.2) is 0 Å². The van der Waals surface area contributed by atoms with Crippen molar-refractivity contribution in [1.82, 2.24) is 10.8 Å². The van der Waals surface area contributed by atoms with Crippen molar-refractivity contribution in [3.63, 3.8) is 0 Å². The Morgan fingerprint density at radius 1 is 1.17 bits per heavy atom. The van der Waals surface area contributed by atoms with Crippen LogP contribution in [0.1, 0.15) is 74.7 Å².